The van der Waals surface area contributed by atoms with Crippen LogP contribution in [0.15, 0.2) is 85.7 Å². The highest BCUT2D eigenvalue weighted by atomic mass is 127. The van der Waals surface area contributed by atoms with Gasteiger partial charge in [0.25, 0.3) is 10.4 Å². The zero-order valence-electron chi connectivity index (χ0n) is 46.9. The third-order valence-electron chi connectivity index (χ3n) is 15.2. The molecule has 11 rings (SSSR count). The van der Waals surface area contributed by atoms with E-state index in [1.807, 2.05) is 48.0 Å². The third-order valence-corrected chi connectivity index (χ3v) is 20.0. The number of rotatable bonds is 16. The van der Waals surface area contributed by atoms with Crippen LogP contribution in [-0.4, -0.2) is 113 Å². The second-order valence-electron chi connectivity index (χ2n) is 21.5. The number of methoxy groups -OCH3 is 2. The molecular weight excluding hydrogens is 1290 g/mol. The van der Waals surface area contributed by atoms with Crippen LogP contribution in [0, 0.1) is 3.57 Å². The van der Waals surface area contributed by atoms with Gasteiger partial charge in [0.05, 0.1) is 58.7 Å². The highest BCUT2D eigenvalue weighted by Gasteiger charge is 2.52. The molecule has 2 aliphatic carbocycles. The minimum absolute atomic E-state index is 0. The Kier molecular flexibility index (Phi) is 21.3. The average Bonchev–Trinajstić information content (AvgIpc) is 4.53. The number of nitrogens with zero attached hydrogens (tertiary/aromatic N) is 8. The van der Waals surface area contributed by atoms with Gasteiger partial charge in [-0.15, -0.1) is 35.1 Å². The van der Waals surface area contributed by atoms with Gasteiger partial charge < -0.3 is 39.2 Å². The van der Waals surface area contributed by atoms with Crippen molar-refractivity contribution in [1.82, 2.24) is 40.5 Å². The maximum absolute atomic E-state index is 12.9. The zero-order valence-corrected chi connectivity index (χ0v) is 53.2. The van der Waals surface area contributed by atoms with Crippen molar-refractivity contribution in [2.45, 2.75) is 140 Å². The van der Waals surface area contributed by atoms with E-state index in [4.69, 9.17) is 18.8 Å². The zero-order chi connectivity index (χ0) is 58.6. The van der Waals surface area contributed by atoms with Crippen LogP contribution in [0.3, 0.4) is 0 Å². The van der Waals surface area contributed by atoms with Crippen LogP contribution >= 0.6 is 80.3 Å². The summed E-state index contributed by atoms with van der Waals surface area (Å²) in [6, 6.07) is 21.5. The Labute approximate surface area is 515 Å². The van der Waals surface area contributed by atoms with Gasteiger partial charge in [0.15, 0.2) is 0 Å². The van der Waals surface area contributed by atoms with Crippen LogP contribution in [0.1, 0.15) is 87.1 Å². The summed E-state index contributed by atoms with van der Waals surface area (Å²) in [4.78, 5) is 32.6. The van der Waals surface area contributed by atoms with Gasteiger partial charge in [-0.05, 0) is 130 Å². The van der Waals surface area contributed by atoms with E-state index in [2.05, 4.69) is 121 Å². The van der Waals surface area contributed by atoms with E-state index in [1.165, 1.54) is 50.0 Å². The first-order valence-electron chi connectivity index (χ1n) is 26.6. The number of ether oxygens (including phenoxy) is 2. The lowest BCUT2D eigenvalue weighted by Crippen LogP contribution is -2.41. The molecule has 6 aromatic heterocycles. The van der Waals surface area contributed by atoms with Gasteiger partial charge in [0, 0.05) is 77.1 Å². The van der Waals surface area contributed by atoms with Crippen molar-refractivity contribution >= 4 is 124 Å². The van der Waals surface area contributed by atoms with Crippen LogP contribution in [0.5, 0.6) is 10.4 Å². The molecule has 0 bridgehead atoms. The fraction of sp³-hybridized carbons (Fsp3) is 0.464. The van der Waals surface area contributed by atoms with Crippen molar-refractivity contribution in [3.63, 3.8) is 0 Å². The molecule has 0 unspecified atom stereocenters. The minimum atomic E-state index is -4.24. The summed E-state index contributed by atoms with van der Waals surface area (Å²) in [6.07, 6.45) is 2.17. The van der Waals surface area contributed by atoms with E-state index < -0.39 is 25.2 Å². The molecule has 83 heavy (non-hydrogen) atoms. The van der Waals surface area contributed by atoms with Gasteiger partial charge >= 0.3 is 19.5 Å². The Balaban J connectivity index is 0.000000173. The maximum atomic E-state index is 12.9. The Bertz CT molecular complexity index is 3370. The van der Waals surface area contributed by atoms with Crippen molar-refractivity contribution < 1.29 is 45.1 Å². The molecule has 2 saturated carbocycles. The highest BCUT2D eigenvalue weighted by Crippen LogP contribution is 2.40. The number of anilines is 2. The quantitative estimate of drug-likeness (QED) is 0.0538. The van der Waals surface area contributed by atoms with Crippen LogP contribution in [0.25, 0.3) is 30.9 Å². The van der Waals surface area contributed by atoms with Crippen molar-refractivity contribution in [3.8, 4) is 20.8 Å². The van der Waals surface area contributed by atoms with Crippen molar-refractivity contribution in [2.75, 3.05) is 38.1 Å². The lowest BCUT2D eigenvalue weighted by Gasteiger charge is -2.32. The summed E-state index contributed by atoms with van der Waals surface area (Å²) in [5, 5.41) is 9.98. The summed E-state index contributed by atoms with van der Waals surface area (Å²) in [6.45, 7) is 9.74. The van der Waals surface area contributed by atoms with Crippen molar-refractivity contribution in [3.05, 3.63) is 110 Å². The molecule has 27 heteroatoms. The lowest BCUT2D eigenvalue weighted by molar-refractivity contribution is -0.127. The van der Waals surface area contributed by atoms with Gasteiger partial charge in [-0.2, -0.15) is 26.3 Å². The second kappa shape index (κ2) is 27.5. The van der Waals surface area contributed by atoms with E-state index in [9.17, 15) is 26.3 Å². The van der Waals surface area contributed by atoms with Gasteiger partial charge in [-0.25, -0.2) is 29.9 Å². The molecule has 2 N–H and O–H groups in total. The summed E-state index contributed by atoms with van der Waals surface area (Å²) < 4.78 is 101. The first-order valence-corrected chi connectivity index (χ1v) is 31.0. The number of hydrogen-bond donors (Lipinski definition) is 2. The Morgan fingerprint density at radius 1 is 0.627 bits per heavy atom. The Morgan fingerprint density at radius 3 is 1.51 bits per heavy atom. The summed E-state index contributed by atoms with van der Waals surface area (Å²) in [7, 11) is 6.84. The largest absolute Gasteiger partial charge is 0.507 e. The van der Waals surface area contributed by atoms with E-state index in [0.717, 1.165) is 89.5 Å². The van der Waals surface area contributed by atoms with Crippen LogP contribution in [0.2, 0.25) is 0 Å². The predicted octanol–water partition coefficient (Wildman–Crippen LogP) is 13.5. The molecule has 0 amide bonds. The number of fused-ring (bicyclic) bond motifs is 2. The number of benzene rings is 2. The van der Waals surface area contributed by atoms with Crippen LogP contribution in [-0.2, 0) is 35.2 Å². The molecule has 4 atom stereocenters. The van der Waals surface area contributed by atoms with Crippen molar-refractivity contribution in [1.29, 1.82) is 0 Å². The first kappa shape index (κ1) is 64.5. The normalized spacial score (nSPS) is 19.2. The fourth-order valence-corrected chi connectivity index (χ4v) is 13.9. The average molecular weight is 1360 g/mol. The molecule has 3 fully saturated rings. The maximum Gasteiger partial charge on any atom is 0.507 e. The summed E-state index contributed by atoms with van der Waals surface area (Å²) >= 11 is 7.45. The standard InChI is InChI=1S/C25H26F3N5OS2.C21H22F3IN4S.C10H16BNO3S.ClH/c1-33(22-20-10-19(11-25(26,27)28)35-23(20)32-14-31-22)18-8-7-17(9-18)29-12-15-3-5-16(6-4-15)21-13-30-24(34-2)36-21;1-29(16-7-6-15(8-16)26-11-13-2-4-14(25)5-3-13)19-18-9-17(10-21(22,23)24)30-20(18)28-12-27-19;1-9(2)10(3,4)15-11(14-9)7-6-12-8(13-5)16-7;/h3-6,10,13-14,17-18,29H,7-9,11-12H2,1-2H3;2-5,9,12,15-16,26H,6-8,10-11H2,1H3;6H,1-5H3;1H/t17-,18+;15-,16+;;/m00../s1. The molecule has 3 aliphatic rings. The number of alkyl halides is 6. The third kappa shape index (κ3) is 16.7. The molecule has 0 radical (unpaired) electrons. The molecular formula is C56H65BClF6IN10O4S4. The van der Waals surface area contributed by atoms with Gasteiger partial charge in [0.1, 0.15) is 34.0 Å². The first-order chi connectivity index (χ1) is 38.9. The molecule has 1 saturated heterocycles. The molecule has 14 nitrogen and oxygen atoms in total. The smallest absolute Gasteiger partial charge is 0.473 e. The molecule has 8 aromatic rings. The molecule has 2 aromatic carbocycles. The SMILES string of the molecule is CN(c1ncnc2sc(CC(F)(F)F)cc12)[C@@H]1CC[C@H](NCc2ccc(I)cc2)C1.COc1ncc(-c2ccc(CN[C@H]3CC[C@@H](N(C)c4ncnc5sc(CC(F)(F)F)cc45)C3)cc2)s1.COc1ncc(B2OC(C)(C)C(C)(C)O2)s1.Cl. The Hall–Kier alpha value is -4.52. The Morgan fingerprint density at radius 2 is 1.07 bits per heavy atom. The van der Waals surface area contributed by atoms with Crippen LogP contribution in [0.4, 0.5) is 38.0 Å². The summed E-state index contributed by atoms with van der Waals surface area (Å²) in [5.41, 5.74) is 2.97. The van der Waals surface area contributed by atoms with E-state index in [1.54, 1.807) is 32.5 Å². The number of nitrogens with one attached hydrogen (secondary N) is 2. The number of aromatic nitrogens is 6. The van der Waals surface area contributed by atoms with Crippen LogP contribution < -0.4 is 34.7 Å². The topological polar surface area (TPSA) is 145 Å². The molecule has 1 aliphatic heterocycles. The molecule has 0 spiro atoms. The molecule has 7 heterocycles. The summed E-state index contributed by atoms with van der Waals surface area (Å²) in [5.74, 6) is 1.42. The van der Waals surface area contributed by atoms with E-state index in [-0.39, 0.29) is 46.5 Å². The highest BCUT2D eigenvalue weighted by molar-refractivity contribution is 14.1. The number of halogens is 8. The van der Waals surface area contributed by atoms with Gasteiger partial charge in [-0.3, -0.25) is 0 Å². The number of thiazole rings is 2. The lowest BCUT2D eigenvalue weighted by atomic mass is 9.89. The monoisotopic (exact) mass is 1360 g/mol. The fourth-order valence-electron chi connectivity index (χ4n) is 10.1. The predicted molar refractivity (Wildman–Crippen MR) is 333 cm³/mol. The van der Waals surface area contributed by atoms with E-state index in [0.29, 0.717) is 60.6 Å². The number of thiophene rings is 2. The minimum Gasteiger partial charge on any atom is -0.473 e. The van der Waals surface area contributed by atoms with Gasteiger partial charge in [0.2, 0.25) is 0 Å². The van der Waals surface area contributed by atoms with Gasteiger partial charge in [-0.1, -0.05) is 59.1 Å². The van der Waals surface area contributed by atoms with Crippen molar-refractivity contribution in [2.24, 2.45) is 0 Å². The number of hydrogen-bond acceptors (Lipinski definition) is 18. The molecule has 446 valence electrons. The van der Waals surface area contributed by atoms with E-state index >= 15 is 0 Å². The second-order valence-corrected chi connectivity index (χ2v) is 27.0.